The Morgan fingerprint density at radius 3 is 2.47 bits per heavy atom. The number of fused-ring (bicyclic) bond motifs is 1. The predicted molar refractivity (Wildman–Crippen MR) is 136 cm³/mol. The fraction of sp³-hybridized carbons (Fsp3) is 0.452. The highest BCUT2D eigenvalue weighted by atomic mass is 14.9. The zero-order chi connectivity index (χ0) is 21.9. The topological polar surface area (TPSA) is 12.4 Å². The van der Waals surface area contributed by atoms with Crippen molar-refractivity contribution < 1.29 is 0 Å². The maximum Gasteiger partial charge on any atom is 0.0780 e. The van der Waals surface area contributed by atoms with Gasteiger partial charge in [0.15, 0.2) is 0 Å². The quantitative estimate of drug-likeness (QED) is 0.403. The van der Waals surface area contributed by atoms with Crippen LogP contribution in [0.15, 0.2) is 90.0 Å². The summed E-state index contributed by atoms with van der Waals surface area (Å²) in [4.78, 5) is 5.51. The Balaban J connectivity index is 1.39. The molecule has 166 valence electrons. The molecule has 1 saturated carbocycles. The minimum absolute atomic E-state index is 0.249. The van der Waals surface area contributed by atoms with Crippen LogP contribution in [-0.2, 0) is 6.42 Å². The second-order valence-electron chi connectivity index (χ2n) is 10.3. The summed E-state index contributed by atoms with van der Waals surface area (Å²) in [6.45, 7) is 7.00. The lowest BCUT2D eigenvalue weighted by atomic mass is 9.69. The number of benzene rings is 2. The molecule has 0 N–H and O–H groups in total. The summed E-state index contributed by atoms with van der Waals surface area (Å²) in [5.41, 5.74) is 5.76. The summed E-state index contributed by atoms with van der Waals surface area (Å²) >= 11 is 0. The first kappa shape index (κ1) is 21.4. The Hall–Kier alpha value is -2.41. The van der Waals surface area contributed by atoms with E-state index >= 15 is 0 Å². The van der Waals surface area contributed by atoms with Crippen molar-refractivity contribution in [3.8, 4) is 0 Å². The average Bonchev–Trinajstić information content (AvgIpc) is 3.43. The van der Waals surface area contributed by atoms with Crippen molar-refractivity contribution in [3.63, 3.8) is 0 Å². The van der Waals surface area contributed by atoms with Gasteiger partial charge >= 0.3 is 0 Å². The summed E-state index contributed by atoms with van der Waals surface area (Å²) in [6.07, 6.45) is 13.3. The molecule has 1 fully saturated rings. The molecule has 0 spiro atoms. The summed E-state index contributed by atoms with van der Waals surface area (Å²) in [6, 6.07) is 22.4. The predicted octanol–water partition coefficient (Wildman–Crippen LogP) is 7.80. The minimum atomic E-state index is 0.249. The highest BCUT2D eigenvalue weighted by molar-refractivity contribution is 5.93. The Morgan fingerprint density at radius 2 is 1.75 bits per heavy atom. The van der Waals surface area contributed by atoms with Crippen LogP contribution in [0.4, 0.5) is 0 Å². The summed E-state index contributed by atoms with van der Waals surface area (Å²) in [7, 11) is 0. The average molecular weight is 424 g/mol. The Morgan fingerprint density at radius 1 is 1.00 bits per heavy atom. The second-order valence-corrected chi connectivity index (χ2v) is 10.3. The zero-order valence-electron chi connectivity index (χ0n) is 19.5. The van der Waals surface area contributed by atoms with E-state index in [0.29, 0.717) is 23.7 Å². The number of aliphatic imine (C=N–C) groups is 1. The Bertz CT molecular complexity index is 970. The van der Waals surface area contributed by atoms with E-state index in [-0.39, 0.29) is 6.04 Å². The van der Waals surface area contributed by atoms with Gasteiger partial charge in [0.2, 0.25) is 0 Å². The molecule has 0 amide bonds. The third-order valence-electron chi connectivity index (χ3n) is 8.31. The lowest BCUT2D eigenvalue weighted by Gasteiger charge is -2.32. The number of hydrogen-bond acceptors (Lipinski definition) is 1. The van der Waals surface area contributed by atoms with Crippen molar-refractivity contribution in [2.24, 2.45) is 28.7 Å². The first-order valence-electron chi connectivity index (χ1n) is 12.7. The van der Waals surface area contributed by atoms with Gasteiger partial charge in [-0.2, -0.15) is 0 Å². The van der Waals surface area contributed by atoms with Gasteiger partial charge in [-0.25, -0.2) is 0 Å². The van der Waals surface area contributed by atoms with E-state index in [1.54, 1.807) is 0 Å². The normalized spacial score (nSPS) is 31.3. The van der Waals surface area contributed by atoms with Gasteiger partial charge in [0, 0.05) is 23.5 Å². The molecule has 0 bridgehead atoms. The van der Waals surface area contributed by atoms with Crippen molar-refractivity contribution in [2.45, 2.75) is 63.8 Å². The van der Waals surface area contributed by atoms with Crippen molar-refractivity contribution >= 4 is 5.71 Å². The molecule has 0 radical (unpaired) electrons. The molecule has 5 rings (SSSR count). The van der Waals surface area contributed by atoms with Crippen LogP contribution in [0.5, 0.6) is 0 Å². The maximum atomic E-state index is 5.51. The molecule has 6 unspecified atom stereocenters. The van der Waals surface area contributed by atoms with Crippen LogP contribution in [0, 0.1) is 23.7 Å². The van der Waals surface area contributed by atoms with Crippen molar-refractivity contribution in [2.75, 3.05) is 0 Å². The van der Waals surface area contributed by atoms with Crippen LogP contribution < -0.4 is 0 Å². The third-order valence-corrected chi connectivity index (χ3v) is 8.31. The second kappa shape index (κ2) is 9.61. The van der Waals surface area contributed by atoms with Gasteiger partial charge in [-0.3, -0.25) is 4.99 Å². The van der Waals surface area contributed by atoms with E-state index < -0.39 is 0 Å². The molecule has 0 aromatic heterocycles. The fourth-order valence-corrected chi connectivity index (χ4v) is 6.49. The van der Waals surface area contributed by atoms with E-state index in [1.807, 2.05) is 0 Å². The number of hydrogen-bond donors (Lipinski definition) is 0. The summed E-state index contributed by atoms with van der Waals surface area (Å²) < 4.78 is 0. The third kappa shape index (κ3) is 4.40. The van der Waals surface area contributed by atoms with Crippen molar-refractivity contribution in [1.29, 1.82) is 0 Å². The highest BCUT2D eigenvalue weighted by Crippen LogP contribution is 2.48. The molecule has 1 nitrogen and oxygen atoms in total. The molecule has 1 heterocycles. The zero-order valence-corrected chi connectivity index (χ0v) is 19.5. The van der Waals surface area contributed by atoms with E-state index in [2.05, 4.69) is 86.3 Å². The van der Waals surface area contributed by atoms with Crippen LogP contribution in [0.25, 0.3) is 0 Å². The molecular formula is C31H37N. The van der Waals surface area contributed by atoms with Crippen LogP contribution in [0.3, 0.4) is 0 Å². The van der Waals surface area contributed by atoms with Crippen LogP contribution in [-0.4, -0.2) is 11.8 Å². The molecule has 2 aliphatic carbocycles. The van der Waals surface area contributed by atoms with Crippen LogP contribution in [0.2, 0.25) is 0 Å². The minimum Gasteiger partial charge on any atom is -0.285 e. The number of nitrogens with zero attached hydrogens (tertiary/aromatic N) is 1. The van der Waals surface area contributed by atoms with E-state index in [4.69, 9.17) is 4.99 Å². The first-order valence-corrected chi connectivity index (χ1v) is 12.7. The van der Waals surface area contributed by atoms with Crippen LogP contribution in [0.1, 0.15) is 62.5 Å². The molecule has 3 aliphatic rings. The van der Waals surface area contributed by atoms with Crippen molar-refractivity contribution in [3.05, 3.63) is 96.1 Å². The smallest absolute Gasteiger partial charge is 0.0780 e. The molecule has 1 heteroatoms. The maximum absolute atomic E-state index is 5.51. The lowest BCUT2D eigenvalue weighted by molar-refractivity contribution is 0.395. The van der Waals surface area contributed by atoms with Gasteiger partial charge in [-0.05, 0) is 61.5 Å². The Labute approximate surface area is 194 Å². The number of allylic oxidation sites excluding steroid dienone is 2. The molecule has 6 atom stereocenters. The largest absolute Gasteiger partial charge is 0.285 e. The molecule has 32 heavy (non-hydrogen) atoms. The summed E-state index contributed by atoms with van der Waals surface area (Å²) in [5.74, 6) is 3.12. The van der Waals surface area contributed by atoms with Crippen LogP contribution >= 0.6 is 0 Å². The SMILES string of the molecule is C=C(CCC1CC=CC1C)C1N=C2C(Cc3ccccc3)CCCC2C1c1ccccc1. The molecule has 2 aromatic rings. The highest BCUT2D eigenvalue weighted by Gasteiger charge is 2.44. The Kier molecular flexibility index (Phi) is 6.44. The van der Waals surface area contributed by atoms with Crippen molar-refractivity contribution in [1.82, 2.24) is 0 Å². The van der Waals surface area contributed by atoms with Gasteiger partial charge in [-0.15, -0.1) is 0 Å². The monoisotopic (exact) mass is 423 g/mol. The van der Waals surface area contributed by atoms with E-state index in [0.717, 1.165) is 18.8 Å². The van der Waals surface area contributed by atoms with Gasteiger partial charge in [0.1, 0.15) is 0 Å². The first-order chi connectivity index (χ1) is 15.7. The molecule has 1 aliphatic heterocycles. The van der Waals surface area contributed by atoms with Gasteiger partial charge in [0.25, 0.3) is 0 Å². The van der Waals surface area contributed by atoms with Gasteiger partial charge in [0.05, 0.1) is 6.04 Å². The van der Waals surface area contributed by atoms with E-state index in [1.165, 1.54) is 54.5 Å². The fourth-order valence-electron chi connectivity index (χ4n) is 6.49. The van der Waals surface area contributed by atoms with Gasteiger partial charge in [-0.1, -0.05) is 98.3 Å². The van der Waals surface area contributed by atoms with E-state index in [9.17, 15) is 0 Å². The molecule has 2 aromatic carbocycles. The lowest BCUT2D eigenvalue weighted by Crippen LogP contribution is -2.31. The standard InChI is InChI=1S/C31H37N/c1-22-11-9-16-25(22)20-19-23(2)30-29(26-14-7-4-8-15-26)28-18-10-17-27(31(28)32-30)21-24-12-5-3-6-13-24/h3-9,11-15,22,25,27-30H,2,10,16-21H2,1H3. The van der Waals surface area contributed by atoms with Gasteiger partial charge < -0.3 is 0 Å². The number of rotatable bonds is 7. The molecular weight excluding hydrogens is 386 g/mol. The summed E-state index contributed by atoms with van der Waals surface area (Å²) in [5, 5.41) is 0. The molecule has 0 saturated heterocycles.